The van der Waals surface area contributed by atoms with Crippen molar-refractivity contribution >= 4 is 46.5 Å². The lowest BCUT2D eigenvalue weighted by Gasteiger charge is -2.12. The molecule has 6 nitrogen and oxygen atoms in total. The standard InChI is InChI=1S/C13H12ClN3O3S/c14-7-11(18)16-4-5-17-12(19)10(21-13(17)20)6-9-2-1-3-15-8-9/h1-3,6,8H,4-5,7H2,(H,16,18). The van der Waals surface area contributed by atoms with Gasteiger partial charge in [0.1, 0.15) is 5.88 Å². The third-order valence-electron chi connectivity index (χ3n) is 2.63. The van der Waals surface area contributed by atoms with E-state index in [1.165, 1.54) is 0 Å². The Bertz CT molecular complexity index is 592. The van der Waals surface area contributed by atoms with Crippen molar-refractivity contribution in [3.05, 3.63) is 35.0 Å². The molecule has 8 heteroatoms. The molecule has 1 fully saturated rings. The van der Waals surface area contributed by atoms with Crippen LogP contribution in [0.1, 0.15) is 5.56 Å². The van der Waals surface area contributed by atoms with Gasteiger partial charge in [-0.15, -0.1) is 11.6 Å². The largest absolute Gasteiger partial charge is 0.353 e. The van der Waals surface area contributed by atoms with E-state index in [1.54, 1.807) is 30.6 Å². The Morgan fingerprint density at radius 2 is 2.29 bits per heavy atom. The Morgan fingerprint density at radius 3 is 2.95 bits per heavy atom. The van der Waals surface area contributed by atoms with Gasteiger partial charge in [-0.2, -0.15) is 0 Å². The van der Waals surface area contributed by atoms with Crippen LogP contribution < -0.4 is 5.32 Å². The van der Waals surface area contributed by atoms with Crippen LogP contribution in [-0.2, 0) is 9.59 Å². The molecule has 0 bridgehead atoms. The number of halogens is 1. The van der Waals surface area contributed by atoms with Crippen molar-refractivity contribution in [3.8, 4) is 0 Å². The highest BCUT2D eigenvalue weighted by Crippen LogP contribution is 2.31. The first-order chi connectivity index (χ1) is 10.1. The van der Waals surface area contributed by atoms with E-state index in [0.29, 0.717) is 4.91 Å². The lowest BCUT2D eigenvalue weighted by molar-refractivity contribution is -0.123. The molecule has 110 valence electrons. The smallest absolute Gasteiger partial charge is 0.293 e. The minimum atomic E-state index is -0.367. The molecular formula is C13H12ClN3O3S. The molecule has 3 amide bonds. The van der Waals surface area contributed by atoms with E-state index in [1.807, 2.05) is 0 Å². The first-order valence-electron chi connectivity index (χ1n) is 6.10. The summed E-state index contributed by atoms with van der Waals surface area (Å²) < 4.78 is 0. The molecule has 0 spiro atoms. The minimum Gasteiger partial charge on any atom is -0.353 e. The number of carbonyl (C=O) groups excluding carboxylic acids is 3. The number of nitrogens with one attached hydrogen (secondary N) is 1. The zero-order valence-corrected chi connectivity index (χ0v) is 12.5. The Labute approximate surface area is 130 Å². The van der Waals surface area contributed by atoms with Gasteiger partial charge >= 0.3 is 0 Å². The SMILES string of the molecule is O=C(CCl)NCCN1C(=O)SC(=Cc2cccnc2)C1=O. The van der Waals surface area contributed by atoms with Crippen LogP contribution >= 0.6 is 23.4 Å². The number of carbonyl (C=O) groups is 3. The summed E-state index contributed by atoms with van der Waals surface area (Å²) in [5.41, 5.74) is 0.749. The van der Waals surface area contributed by atoms with Crippen LogP contribution in [0.5, 0.6) is 0 Å². The summed E-state index contributed by atoms with van der Waals surface area (Å²) in [6.45, 7) is 0.307. The molecule has 0 atom stereocenters. The Kier molecular flexibility index (Phi) is 5.35. The van der Waals surface area contributed by atoms with Crippen LogP contribution in [0.15, 0.2) is 29.4 Å². The predicted molar refractivity (Wildman–Crippen MR) is 80.6 cm³/mol. The van der Waals surface area contributed by atoms with Crippen LogP contribution in [0.25, 0.3) is 6.08 Å². The van der Waals surface area contributed by atoms with E-state index >= 15 is 0 Å². The number of rotatable bonds is 5. The maximum atomic E-state index is 12.1. The number of amides is 3. The predicted octanol–water partition coefficient (Wildman–Crippen LogP) is 1.47. The molecule has 1 aliphatic heterocycles. The fourth-order valence-corrected chi connectivity index (χ4v) is 2.62. The molecule has 0 aliphatic carbocycles. The second kappa shape index (κ2) is 7.24. The first kappa shape index (κ1) is 15.5. The van der Waals surface area contributed by atoms with E-state index < -0.39 is 0 Å². The van der Waals surface area contributed by atoms with E-state index in [0.717, 1.165) is 22.2 Å². The molecule has 1 aliphatic rings. The number of hydrogen-bond acceptors (Lipinski definition) is 5. The van der Waals surface area contributed by atoms with Crippen molar-refractivity contribution in [2.45, 2.75) is 0 Å². The Morgan fingerprint density at radius 1 is 1.48 bits per heavy atom. The van der Waals surface area contributed by atoms with Gasteiger partial charge in [0, 0.05) is 25.5 Å². The van der Waals surface area contributed by atoms with Crippen molar-refractivity contribution < 1.29 is 14.4 Å². The lowest BCUT2D eigenvalue weighted by Crippen LogP contribution is -2.37. The van der Waals surface area contributed by atoms with Gasteiger partial charge < -0.3 is 5.32 Å². The number of pyridine rings is 1. The summed E-state index contributed by atoms with van der Waals surface area (Å²) in [5.74, 6) is -0.855. The van der Waals surface area contributed by atoms with Crippen LogP contribution in [0.3, 0.4) is 0 Å². The average molecular weight is 326 g/mol. The van der Waals surface area contributed by atoms with E-state index in [-0.39, 0.29) is 36.0 Å². The number of thioether (sulfide) groups is 1. The maximum absolute atomic E-state index is 12.1. The molecule has 1 N–H and O–H groups in total. The fraction of sp³-hybridized carbons (Fsp3) is 0.231. The number of nitrogens with zero attached hydrogens (tertiary/aromatic N) is 2. The second-order valence-electron chi connectivity index (χ2n) is 4.10. The molecule has 2 rings (SSSR count). The van der Waals surface area contributed by atoms with Crippen LogP contribution in [-0.4, -0.2) is 45.9 Å². The average Bonchev–Trinajstić information content (AvgIpc) is 2.75. The first-order valence-corrected chi connectivity index (χ1v) is 7.45. The van der Waals surface area contributed by atoms with Gasteiger partial charge in [0.05, 0.1) is 4.91 Å². The summed E-state index contributed by atoms with van der Waals surface area (Å²) in [7, 11) is 0. The zero-order valence-electron chi connectivity index (χ0n) is 10.9. The van der Waals surface area contributed by atoms with Crippen molar-refractivity contribution in [3.63, 3.8) is 0 Å². The molecule has 0 unspecified atom stereocenters. The summed E-state index contributed by atoms with van der Waals surface area (Å²) in [5, 5.41) is 2.16. The highest BCUT2D eigenvalue weighted by atomic mass is 35.5. The van der Waals surface area contributed by atoms with Crippen molar-refractivity contribution in [2.75, 3.05) is 19.0 Å². The lowest BCUT2D eigenvalue weighted by atomic mass is 10.2. The number of imide groups is 1. The fourth-order valence-electron chi connectivity index (χ4n) is 1.66. The van der Waals surface area contributed by atoms with E-state index in [2.05, 4.69) is 10.3 Å². The molecule has 0 radical (unpaired) electrons. The van der Waals surface area contributed by atoms with Crippen LogP contribution in [0, 0.1) is 0 Å². The van der Waals surface area contributed by atoms with Gasteiger partial charge in [-0.25, -0.2) is 0 Å². The number of hydrogen-bond donors (Lipinski definition) is 1. The molecular weight excluding hydrogens is 314 g/mol. The Hall–Kier alpha value is -1.86. The topological polar surface area (TPSA) is 79.4 Å². The summed E-state index contributed by atoms with van der Waals surface area (Å²) >= 11 is 6.21. The van der Waals surface area contributed by atoms with Gasteiger partial charge in [-0.3, -0.25) is 24.3 Å². The van der Waals surface area contributed by atoms with E-state index in [9.17, 15) is 14.4 Å². The quantitative estimate of drug-likeness (QED) is 0.655. The minimum absolute atomic E-state index is 0.123. The van der Waals surface area contributed by atoms with Gasteiger partial charge in [0.25, 0.3) is 11.1 Å². The molecule has 0 saturated carbocycles. The summed E-state index contributed by atoms with van der Waals surface area (Å²) in [6.07, 6.45) is 4.85. The van der Waals surface area contributed by atoms with Crippen LogP contribution in [0.4, 0.5) is 4.79 Å². The maximum Gasteiger partial charge on any atom is 0.293 e. The zero-order chi connectivity index (χ0) is 15.2. The van der Waals surface area contributed by atoms with Gasteiger partial charge in [-0.05, 0) is 29.5 Å². The highest BCUT2D eigenvalue weighted by molar-refractivity contribution is 8.18. The monoisotopic (exact) mass is 325 g/mol. The van der Waals surface area contributed by atoms with Gasteiger partial charge in [-0.1, -0.05) is 6.07 Å². The summed E-state index contributed by atoms with van der Waals surface area (Å²) in [4.78, 5) is 40.3. The molecule has 2 heterocycles. The molecule has 1 aromatic heterocycles. The molecule has 1 aromatic rings. The van der Waals surface area contributed by atoms with E-state index in [4.69, 9.17) is 11.6 Å². The van der Waals surface area contributed by atoms with Crippen molar-refractivity contribution in [1.82, 2.24) is 15.2 Å². The van der Waals surface area contributed by atoms with Gasteiger partial charge in [0.15, 0.2) is 0 Å². The number of aromatic nitrogens is 1. The highest BCUT2D eigenvalue weighted by Gasteiger charge is 2.34. The Balaban J connectivity index is 2.00. The third-order valence-corrected chi connectivity index (χ3v) is 3.78. The third kappa shape index (κ3) is 4.05. The molecule has 0 aromatic carbocycles. The molecule has 1 saturated heterocycles. The van der Waals surface area contributed by atoms with Gasteiger partial charge in [0.2, 0.25) is 5.91 Å². The number of alkyl halides is 1. The van der Waals surface area contributed by atoms with Crippen molar-refractivity contribution in [1.29, 1.82) is 0 Å². The second-order valence-corrected chi connectivity index (χ2v) is 5.36. The van der Waals surface area contributed by atoms with Crippen LogP contribution in [0.2, 0.25) is 0 Å². The normalized spacial score (nSPS) is 16.6. The molecule has 21 heavy (non-hydrogen) atoms. The van der Waals surface area contributed by atoms with Crippen molar-refractivity contribution in [2.24, 2.45) is 0 Å². The summed E-state index contributed by atoms with van der Waals surface area (Å²) in [6, 6.07) is 3.54.